The molecule has 21 heavy (non-hydrogen) atoms. The van der Waals surface area contributed by atoms with Crippen LogP contribution >= 0.6 is 22.9 Å². The van der Waals surface area contributed by atoms with Crippen molar-refractivity contribution in [1.29, 1.82) is 0 Å². The molecule has 1 aromatic heterocycles. The Morgan fingerprint density at radius 3 is 2.52 bits per heavy atom. The third kappa shape index (κ3) is 4.76. The minimum atomic E-state index is -0.148. The summed E-state index contributed by atoms with van der Waals surface area (Å²) in [6.07, 6.45) is 0. The number of hydrogen-bond acceptors (Lipinski definition) is 2. The smallest absolute Gasteiger partial charge is 0.315 e. The second-order valence-corrected chi connectivity index (χ2v) is 6.98. The van der Waals surface area contributed by atoms with Crippen LogP contribution in [-0.2, 0) is 12.0 Å². The monoisotopic (exact) mass is 322 g/mol. The molecule has 0 aliphatic rings. The molecule has 5 heteroatoms. The number of nitrogens with one attached hydrogen (secondary N) is 2. The second kappa shape index (κ2) is 6.96. The van der Waals surface area contributed by atoms with E-state index in [4.69, 9.17) is 11.6 Å². The number of halogens is 1. The maximum atomic E-state index is 11.8. The van der Waals surface area contributed by atoms with Crippen molar-refractivity contribution >= 4 is 29.0 Å². The number of hydrogen-bond donors (Lipinski definition) is 2. The summed E-state index contributed by atoms with van der Waals surface area (Å²) in [5.41, 5.74) is 0.996. The van der Waals surface area contributed by atoms with Gasteiger partial charge in [0, 0.05) is 21.9 Å². The lowest BCUT2D eigenvalue weighted by atomic mass is 9.85. The molecule has 0 bridgehead atoms. The number of carbonyl (C=O) groups excluding carboxylic acids is 1. The van der Waals surface area contributed by atoms with Crippen molar-refractivity contribution in [3.63, 3.8) is 0 Å². The van der Waals surface area contributed by atoms with E-state index < -0.39 is 0 Å². The van der Waals surface area contributed by atoms with Gasteiger partial charge in [-0.3, -0.25) is 0 Å². The average Bonchev–Trinajstić information content (AvgIpc) is 2.97. The Morgan fingerprint density at radius 2 is 1.90 bits per heavy atom. The molecule has 2 rings (SSSR count). The quantitative estimate of drug-likeness (QED) is 0.852. The van der Waals surface area contributed by atoms with Gasteiger partial charge < -0.3 is 10.6 Å². The molecule has 112 valence electrons. The Hall–Kier alpha value is -1.52. The number of rotatable bonds is 5. The molecule has 0 saturated heterocycles. The highest BCUT2D eigenvalue weighted by Gasteiger charge is 2.21. The summed E-state index contributed by atoms with van der Waals surface area (Å²) in [5, 5.41) is 8.49. The molecule has 2 aromatic rings. The first-order chi connectivity index (χ1) is 9.97. The molecular formula is C16H19ClN2OS. The van der Waals surface area contributed by atoms with Gasteiger partial charge in [0.1, 0.15) is 0 Å². The van der Waals surface area contributed by atoms with Crippen molar-refractivity contribution in [2.24, 2.45) is 0 Å². The van der Waals surface area contributed by atoms with Crippen molar-refractivity contribution in [2.75, 3.05) is 6.54 Å². The maximum absolute atomic E-state index is 11.8. The minimum Gasteiger partial charge on any atom is -0.337 e. The normalized spacial score (nSPS) is 11.2. The first kappa shape index (κ1) is 15.9. The summed E-state index contributed by atoms with van der Waals surface area (Å²) in [7, 11) is 0. The molecular weight excluding hydrogens is 304 g/mol. The van der Waals surface area contributed by atoms with Crippen LogP contribution in [0.2, 0.25) is 5.02 Å². The van der Waals surface area contributed by atoms with Crippen LogP contribution in [0.25, 0.3) is 0 Å². The zero-order chi connectivity index (χ0) is 15.3. The van der Waals surface area contributed by atoms with Crippen LogP contribution in [0, 0.1) is 0 Å². The number of urea groups is 1. The van der Waals surface area contributed by atoms with Crippen molar-refractivity contribution in [1.82, 2.24) is 10.6 Å². The molecule has 0 aliphatic carbocycles. The third-order valence-corrected chi connectivity index (χ3v) is 4.45. The predicted molar refractivity (Wildman–Crippen MR) is 89.0 cm³/mol. The number of benzene rings is 1. The lowest BCUT2D eigenvalue weighted by Crippen LogP contribution is -2.41. The van der Waals surface area contributed by atoms with E-state index in [-0.39, 0.29) is 11.4 Å². The van der Waals surface area contributed by atoms with E-state index >= 15 is 0 Å². The van der Waals surface area contributed by atoms with E-state index in [0.717, 1.165) is 15.5 Å². The molecule has 1 aromatic carbocycles. The highest BCUT2D eigenvalue weighted by molar-refractivity contribution is 7.09. The van der Waals surface area contributed by atoms with Crippen LogP contribution in [-0.4, -0.2) is 12.6 Å². The number of amides is 2. The molecule has 2 amide bonds. The van der Waals surface area contributed by atoms with E-state index in [9.17, 15) is 4.79 Å². The van der Waals surface area contributed by atoms with Gasteiger partial charge in [0.15, 0.2) is 0 Å². The summed E-state index contributed by atoms with van der Waals surface area (Å²) >= 11 is 7.53. The molecule has 0 spiro atoms. The van der Waals surface area contributed by atoms with Crippen LogP contribution in [0.5, 0.6) is 0 Å². The molecule has 0 fully saturated rings. The zero-order valence-electron chi connectivity index (χ0n) is 12.2. The molecule has 3 nitrogen and oxygen atoms in total. The van der Waals surface area contributed by atoms with Crippen LogP contribution in [0.3, 0.4) is 0 Å². The Morgan fingerprint density at radius 1 is 1.19 bits per heavy atom. The third-order valence-electron chi connectivity index (χ3n) is 3.32. The predicted octanol–water partition coefficient (Wildman–Crippen LogP) is 4.18. The van der Waals surface area contributed by atoms with Gasteiger partial charge in [-0.05, 0) is 29.1 Å². The van der Waals surface area contributed by atoms with Crippen LogP contribution < -0.4 is 10.6 Å². The standard InChI is InChI=1S/C16H19ClN2OS/c1-16(2,12-5-7-13(17)8-6-12)11-19-15(20)18-10-14-4-3-9-21-14/h3-9H,10-11H2,1-2H3,(H2,18,19,20). The average molecular weight is 323 g/mol. The Balaban J connectivity index is 1.83. The van der Waals surface area contributed by atoms with Gasteiger partial charge in [0.25, 0.3) is 0 Å². The molecule has 0 unspecified atom stereocenters. The van der Waals surface area contributed by atoms with Gasteiger partial charge >= 0.3 is 6.03 Å². The summed E-state index contributed by atoms with van der Waals surface area (Å²) in [4.78, 5) is 13.0. The minimum absolute atomic E-state index is 0.148. The largest absolute Gasteiger partial charge is 0.337 e. The van der Waals surface area contributed by atoms with E-state index in [1.807, 2.05) is 41.8 Å². The summed E-state index contributed by atoms with van der Waals surface area (Å²) < 4.78 is 0. The van der Waals surface area contributed by atoms with Gasteiger partial charge in [-0.15, -0.1) is 11.3 Å². The highest BCUT2D eigenvalue weighted by atomic mass is 35.5. The van der Waals surface area contributed by atoms with E-state index in [0.29, 0.717) is 13.1 Å². The molecule has 0 saturated carbocycles. The van der Waals surface area contributed by atoms with Gasteiger partial charge in [-0.25, -0.2) is 4.79 Å². The van der Waals surface area contributed by atoms with Gasteiger partial charge in [-0.2, -0.15) is 0 Å². The molecule has 1 heterocycles. The fraction of sp³-hybridized carbons (Fsp3) is 0.312. The van der Waals surface area contributed by atoms with E-state index in [1.54, 1.807) is 11.3 Å². The molecule has 0 aliphatic heterocycles. The highest BCUT2D eigenvalue weighted by Crippen LogP contribution is 2.23. The number of carbonyl (C=O) groups is 1. The van der Waals surface area contributed by atoms with Crippen LogP contribution in [0.4, 0.5) is 4.79 Å². The summed E-state index contributed by atoms with van der Waals surface area (Å²) in [6, 6.07) is 11.6. The molecule has 0 radical (unpaired) electrons. The lowest BCUT2D eigenvalue weighted by Gasteiger charge is -2.25. The first-order valence-electron chi connectivity index (χ1n) is 6.77. The topological polar surface area (TPSA) is 41.1 Å². The fourth-order valence-electron chi connectivity index (χ4n) is 1.95. The zero-order valence-corrected chi connectivity index (χ0v) is 13.7. The number of thiophene rings is 1. The summed E-state index contributed by atoms with van der Waals surface area (Å²) in [5.74, 6) is 0. The fourth-order valence-corrected chi connectivity index (χ4v) is 2.72. The Kier molecular flexibility index (Phi) is 5.26. The van der Waals surface area contributed by atoms with E-state index in [2.05, 4.69) is 24.5 Å². The molecule has 0 atom stereocenters. The summed E-state index contributed by atoms with van der Waals surface area (Å²) in [6.45, 7) is 5.31. The van der Waals surface area contributed by atoms with Crippen LogP contribution in [0.1, 0.15) is 24.3 Å². The molecule has 2 N–H and O–H groups in total. The van der Waals surface area contributed by atoms with E-state index in [1.165, 1.54) is 0 Å². The Labute approximate surface area is 134 Å². The van der Waals surface area contributed by atoms with Crippen molar-refractivity contribution in [3.05, 3.63) is 57.2 Å². The van der Waals surface area contributed by atoms with Crippen molar-refractivity contribution in [2.45, 2.75) is 25.8 Å². The Bertz CT molecular complexity index is 579. The second-order valence-electron chi connectivity index (χ2n) is 5.51. The lowest BCUT2D eigenvalue weighted by molar-refractivity contribution is 0.238. The SMILES string of the molecule is CC(C)(CNC(=O)NCc1cccs1)c1ccc(Cl)cc1. The maximum Gasteiger partial charge on any atom is 0.315 e. The first-order valence-corrected chi connectivity index (χ1v) is 8.03. The van der Waals surface area contributed by atoms with Gasteiger partial charge in [-0.1, -0.05) is 43.6 Å². The van der Waals surface area contributed by atoms with Crippen LogP contribution in [0.15, 0.2) is 41.8 Å². The van der Waals surface area contributed by atoms with Gasteiger partial charge in [0.05, 0.1) is 6.54 Å². The van der Waals surface area contributed by atoms with Gasteiger partial charge in [0.2, 0.25) is 0 Å². The van der Waals surface area contributed by atoms with Crippen molar-refractivity contribution in [3.8, 4) is 0 Å². The van der Waals surface area contributed by atoms with Crippen molar-refractivity contribution < 1.29 is 4.79 Å².